The average molecular weight is 345 g/mol. The Morgan fingerprint density at radius 2 is 2.12 bits per heavy atom. The summed E-state index contributed by atoms with van der Waals surface area (Å²) in [6.07, 6.45) is 4.11. The smallest absolute Gasteiger partial charge is 0.237 e. The minimum Gasteiger partial charge on any atom is -0.383 e. The number of hydrogen-bond donors (Lipinski definition) is 1. The molecule has 1 aliphatic heterocycles. The summed E-state index contributed by atoms with van der Waals surface area (Å²) < 4.78 is 7.02. The fourth-order valence-electron chi connectivity index (χ4n) is 3.19. The molecule has 1 aliphatic rings. The highest BCUT2D eigenvalue weighted by Crippen LogP contribution is 2.11. The molecule has 3 heterocycles. The Balaban J connectivity index is 1.47. The summed E-state index contributed by atoms with van der Waals surface area (Å²) in [7, 11) is 1.64. The molecule has 7 heteroatoms. The molecule has 1 atom stereocenters. The molecule has 2 aromatic heterocycles. The number of nitrogens with zero attached hydrogens (tertiary/aromatic N) is 4. The van der Waals surface area contributed by atoms with E-state index in [-0.39, 0.29) is 11.9 Å². The Morgan fingerprint density at radius 3 is 2.84 bits per heavy atom. The Hall–Kier alpha value is -1.96. The highest BCUT2D eigenvalue weighted by molar-refractivity contribution is 5.81. The molecule has 2 aromatic rings. The van der Waals surface area contributed by atoms with Crippen LogP contribution in [0.2, 0.25) is 0 Å². The predicted octanol–water partition coefficient (Wildman–Crippen LogP) is 0.603. The number of piperazine rings is 1. The lowest BCUT2D eigenvalue weighted by molar-refractivity contribution is -0.126. The number of amides is 1. The van der Waals surface area contributed by atoms with Crippen LogP contribution in [0.3, 0.4) is 0 Å². The largest absolute Gasteiger partial charge is 0.383 e. The Kier molecular flexibility index (Phi) is 6.01. The standard InChI is InChI=1S/C18H27N5O2/c1-15(18(24)19-6-12-25-2)22-10-8-21(9-11-22)13-16-14-23-7-4-3-5-17(23)20-16/h3-5,7,14-15H,6,8-13H2,1-2H3,(H,19,24)/t15-/m0/s1. The summed E-state index contributed by atoms with van der Waals surface area (Å²) in [6.45, 7) is 7.62. The molecule has 1 saturated heterocycles. The molecule has 0 aromatic carbocycles. The number of ether oxygens (including phenoxy) is 1. The number of nitrogens with one attached hydrogen (secondary N) is 1. The highest BCUT2D eigenvalue weighted by atomic mass is 16.5. The Bertz CT molecular complexity index is 661. The van der Waals surface area contributed by atoms with E-state index in [1.165, 1.54) is 0 Å². The zero-order chi connectivity index (χ0) is 17.6. The zero-order valence-corrected chi connectivity index (χ0v) is 15.0. The molecule has 0 bridgehead atoms. The first-order chi connectivity index (χ1) is 12.2. The predicted molar refractivity (Wildman–Crippen MR) is 96.4 cm³/mol. The molecular formula is C18H27N5O2. The first-order valence-corrected chi connectivity index (χ1v) is 8.83. The third kappa shape index (κ3) is 4.56. The molecule has 0 saturated carbocycles. The van der Waals surface area contributed by atoms with Gasteiger partial charge in [0.15, 0.2) is 0 Å². The van der Waals surface area contributed by atoms with Gasteiger partial charge in [-0.2, -0.15) is 0 Å². The van der Waals surface area contributed by atoms with Gasteiger partial charge in [-0.3, -0.25) is 14.6 Å². The number of aromatic nitrogens is 2. The SMILES string of the molecule is COCCNC(=O)[C@H](C)N1CCN(Cc2cn3ccccc3n2)CC1. The second kappa shape index (κ2) is 8.42. The van der Waals surface area contributed by atoms with Gasteiger partial charge in [-0.25, -0.2) is 4.98 Å². The van der Waals surface area contributed by atoms with Crippen molar-refractivity contribution in [3.8, 4) is 0 Å². The fourth-order valence-corrected chi connectivity index (χ4v) is 3.19. The van der Waals surface area contributed by atoms with Gasteiger partial charge in [0.25, 0.3) is 0 Å². The van der Waals surface area contributed by atoms with Gasteiger partial charge in [-0.1, -0.05) is 6.07 Å². The van der Waals surface area contributed by atoms with Crippen molar-refractivity contribution in [2.75, 3.05) is 46.4 Å². The lowest BCUT2D eigenvalue weighted by Crippen LogP contribution is -2.53. The fraction of sp³-hybridized carbons (Fsp3) is 0.556. The molecule has 0 spiro atoms. The summed E-state index contributed by atoms with van der Waals surface area (Å²) in [4.78, 5) is 21.5. The van der Waals surface area contributed by atoms with E-state index in [2.05, 4.69) is 30.7 Å². The van der Waals surface area contributed by atoms with Crippen molar-refractivity contribution in [1.82, 2.24) is 24.5 Å². The summed E-state index contributed by atoms with van der Waals surface area (Å²) in [5, 5.41) is 2.91. The average Bonchev–Trinajstić information content (AvgIpc) is 3.04. The first kappa shape index (κ1) is 17.8. The van der Waals surface area contributed by atoms with Crippen molar-refractivity contribution in [3.05, 3.63) is 36.3 Å². The minimum atomic E-state index is -0.103. The van der Waals surface area contributed by atoms with Crippen molar-refractivity contribution >= 4 is 11.6 Å². The Morgan fingerprint density at radius 1 is 1.32 bits per heavy atom. The third-order valence-electron chi connectivity index (χ3n) is 4.74. The molecule has 0 aliphatic carbocycles. The number of pyridine rings is 1. The van der Waals surface area contributed by atoms with Crippen LogP contribution in [-0.2, 0) is 16.1 Å². The Labute approximate surface area is 148 Å². The summed E-state index contributed by atoms with van der Waals surface area (Å²) in [5.74, 6) is 0.0749. The van der Waals surface area contributed by atoms with Crippen LogP contribution in [0.1, 0.15) is 12.6 Å². The number of hydrogen-bond acceptors (Lipinski definition) is 5. The minimum absolute atomic E-state index is 0.0749. The quantitative estimate of drug-likeness (QED) is 0.745. The highest BCUT2D eigenvalue weighted by Gasteiger charge is 2.25. The van der Waals surface area contributed by atoms with E-state index in [1.807, 2.05) is 31.3 Å². The van der Waals surface area contributed by atoms with E-state index in [0.29, 0.717) is 13.2 Å². The summed E-state index contributed by atoms with van der Waals surface area (Å²) in [6, 6.07) is 5.93. The van der Waals surface area contributed by atoms with Crippen molar-refractivity contribution in [1.29, 1.82) is 0 Å². The molecule has 136 valence electrons. The van der Waals surface area contributed by atoms with Crippen molar-refractivity contribution in [3.63, 3.8) is 0 Å². The number of carbonyl (C=O) groups is 1. The molecule has 3 rings (SSSR count). The monoisotopic (exact) mass is 345 g/mol. The van der Waals surface area contributed by atoms with Gasteiger partial charge in [-0.15, -0.1) is 0 Å². The number of rotatable bonds is 7. The van der Waals surface area contributed by atoms with Crippen LogP contribution >= 0.6 is 0 Å². The second-order valence-corrected chi connectivity index (χ2v) is 6.47. The van der Waals surface area contributed by atoms with Gasteiger partial charge in [0, 0.05) is 58.8 Å². The molecule has 1 fully saturated rings. The molecule has 1 N–H and O–H groups in total. The maximum Gasteiger partial charge on any atom is 0.237 e. The van der Waals surface area contributed by atoms with Crippen molar-refractivity contribution in [2.24, 2.45) is 0 Å². The van der Waals surface area contributed by atoms with Gasteiger partial charge in [-0.05, 0) is 19.1 Å². The lowest BCUT2D eigenvalue weighted by Gasteiger charge is -2.37. The summed E-state index contributed by atoms with van der Waals surface area (Å²) in [5.41, 5.74) is 2.07. The van der Waals surface area contributed by atoms with Gasteiger partial charge in [0.1, 0.15) is 5.65 Å². The molecule has 1 amide bonds. The molecular weight excluding hydrogens is 318 g/mol. The normalized spacial score (nSPS) is 17.7. The topological polar surface area (TPSA) is 62.1 Å². The van der Waals surface area contributed by atoms with E-state index in [0.717, 1.165) is 44.1 Å². The zero-order valence-electron chi connectivity index (χ0n) is 15.0. The first-order valence-electron chi connectivity index (χ1n) is 8.83. The molecule has 7 nitrogen and oxygen atoms in total. The van der Waals surface area contributed by atoms with E-state index >= 15 is 0 Å². The van der Waals surface area contributed by atoms with E-state index in [9.17, 15) is 4.79 Å². The number of imidazole rings is 1. The van der Waals surface area contributed by atoms with Gasteiger partial charge >= 0.3 is 0 Å². The molecule has 0 unspecified atom stereocenters. The number of fused-ring (bicyclic) bond motifs is 1. The molecule has 0 radical (unpaired) electrons. The molecule has 25 heavy (non-hydrogen) atoms. The lowest BCUT2D eigenvalue weighted by atomic mass is 10.2. The van der Waals surface area contributed by atoms with Crippen LogP contribution in [-0.4, -0.2) is 77.6 Å². The second-order valence-electron chi connectivity index (χ2n) is 6.47. The van der Waals surface area contributed by atoms with Crippen LogP contribution in [0.5, 0.6) is 0 Å². The van der Waals surface area contributed by atoms with Crippen LogP contribution in [0.4, 0.5) is 0 Å². The van der Waals surface area contributed by atoms with Crippen LogP contribution in [0.25, 0.3) is 5.65 Å². The number of carbonyl (C=O) groups excluding carboxylic acids is 1. The van der Waals surface area contributed by atoms with Gasteiger partial charge < -0.3 is 14.5 Å². The van der Waals surface area contributed by atoms with Crippen molar-refractivity contribution < 1.29 is 9.53 Å². The number of methoxy groups -OCH3 is 1. The van der Waals surface area contributed by atoms with Crippen LogP contribution in [0, 0.1) is 0 Å². The van der Waals surface area contributed by atoms with E-state index < -0.39 is 0 Å². The maximum atomic E-state index is 12.2. The third-order valence-corrected chi connectivity index (χ3v) is 4.74. The van der Waals surface area contributed by atoms with E-state index in [1.54, 1.807) is 7.11 Å². The van der Waals surface area contributed by atoms with E-state index in [4.69, 9.17) is 4.74 Å². The van der Waals surface area contributed by atoms with Crippen LogP contribution < -0.4 is 5.32 Å². The summed E-state index contributed by atoms with van der Waals surface area (Å²) >= 11 is 0. The van der Waals surface area contributed by atoms with Gasteiger partial charge in [0.05, 0.1) is 18.3 Å². The van der Waals surface area contributed by atoms with Crippen LogP contribution in [0.15, 0.2) is 30.6 Å². The van der Waals surface area contributed by atoms with Gasteiger partial charge in [0.2, 0.25) is 5.91 Å². The van der Waals surface area contributed by atoms with Crippen molar-refractivity contribution in [2.45, 2.75) is 19.5 Å². The maximum absolute atomic E-state index is 12.2.